The Morgan fingerprint density at radius 3 is 2.77 bits per heavy atom. The van der Waals surface area contributed by atoms with Crippen molar-refractivity contribution in [2.45, 2.75) is 10.9 Å². The van der Waals surface area contributed by atoms with E-state index in [-0.39, 0.29) is 12.6 Å². The molecular weight excluding hydrogens is 206 g/mol. The summed E-state index contributed by atoms with van der Waals surface area (Å²) in [4.78, 5) is 1.06. The summed E-state index contributed by atoms with van der Waals surface area (Å²) in [5, 5.41) is 9.53. The van der Waals surface area contributed by atoms with Crippen LogP contribution in [-0.4, -0.2) is 18.0 Å². The monoisotopic (exact) mass is 217 g/mol. The Balaban J connectivity index is 3.01. The maximum absolute atomic E-state index is 8.87. The van der Waals surface area contributed by atoms with Gasteiger partial charge in [-0.2, -0.15) is 0 Å². The number of benzene rings is 1. The van der Waals surface area contributed by atoms with Crippen molar-refractivity contribution in [3.05, 3.63) is 28.8 Å². The van der Waals surface area contributed by atoms with Gasteiger partial charge in [0, 0.05) is 9.92 Å². The Kier molecular flexibility index (Phi) is 4.06. The quantitative estimate of drug-likeness (QED) is 0.762. The fraction of sp³-hybridized carbons (Fsp3) is 0.333. The number of aliphatic hydroxyl groups excluding tert-OH is 1. The summed E-state index contributed by atoms with van der Waals surface area (Å²) >= 11 is 7.48. The van der Waals surface area contributed by atoms with Crippen molar-refractivity contribution >= 4 is 23.4 Å². The topological polar surface area (TPSA) is 46.2 Å². The smallest absolute Gasteiger partial charge is 0.0624 e. The first-order chi connectivity index (χ1) is 6.17. The number of halogens is 1. The standard InChI is InChI=1S/C9H12ClNOS/c1-13-8-3-6(9(11)5-12)2-7(10)4-8/h2-4,9,12H,5,11H2,1H3. The molecular formula is C9H12ClNOS. The molecule has 1 aromatic carbocycles. The van der Waals surface area contributed by atoms with Crippen molar-refractivity contribution in [3.63, 3.8) is 0 Å². The fourth-order valence-electron chi connectivity index (χ4n) is 1.02. The highest BCUT2D eigenvalue weighted by atomic mass is 35.5. The molecule has 0 heterocycles. The predicted molar refractivity (Wildman–Crippen MR) is 57.2 cm³/mol. The van der Waals surface area contributed by atoms with Crippen molar-refractivity contribution in [2.75, 3.05) is 12.9 Å². The molecule has 0 bridgehead atoms. The molecule has 0 saturated carbocycles. The molecule has 0 aliphatic carbocycles. The normalized spacial score (nSPS) is 12.9. The lowest BCUT2D eigenvalue weighted by molar-refractivity contribution is 0.268. The molecule has 1 atom stereocenters. The van der Waals surface area contributed by atoms with Gasteiger partial charge in [-0.25, -0.2) is 0 Å². The highest BCUT2D eigenvalue weighted by Crippen LogP contribution is 2.24. The fourth-order valence-corrected chi connectivity index (χ4v) is 1.83. The molecule has 0 aliphatic rings. The van der Waals surface area contributed by atoms with Crippen LogP contribution in [0.15, 0.2) is 23.1 Å². The van der Waals surface area contributed by atoms with E-state index in [9.17, 15) is 0 Å². The van der Waals surface area contributed by atoms with Crippen LogP contribution in [0.1, 0.15) is 11.6 Å². The Labute approximate surface area is 87.1 Å². The molecule has 3 N–H and O–H groups in total. The highest BCUT2D eigenvalue weighted by Gasteiger charge is 2.06. The lowest BCUT2D eigenvalue weighted by Crippen LogP contribution is -2.14. The molecule has 4 heteroatoms. The third-order valence-electron chi connectivity index (χ3n) is 1.75. The Morgan fingerprint density at radius 1 is 1.54 bits per heavy atom. The minimum absolute atomic E-state index is 0.0613. The number of nitrogens with two attached hydrogens (primary N) is 1. The summed E-state index contributed by atoms with van der Waals surface area (Å²) in [6.07, 6.45) is 1.97. The third kappa shape index (κ3) is 2.88. The minimum Gasteiger partial charge on any atom is -0.394 e. The van der Waals surface area contributed by atoms with Crippen LogP contribution >= 0.6 is 23.4 Å². The van der Waals surface area contributed by atoms with Crippen molar-refractivity contribution < 1.29 is 5.11 Å². The van der Waals surface area contributed by atoms with Gasteiger partial charge in [0.2, 0.25) is 0 Å². The van der Waals surface area contributed by atoms with E-state index >= 15 is 0 Å². The second kappa shape index (κ2) is 4.86. The molecule has 0 aliphatic heterocycles. The number of aliphatic hydroxyl groups is 1. The number of hydrogen-bond donors (Lipinski definition) is 2. The van der Waals surface area contributed by atoms with Crippen LogP contribution in [0, 0.1) is 0 Å². The molecule has 0 aromatic heterocycles. The average molecular weight is 218 g/mol. The second-order valence-electron chi connectivity index (χ2n) is 2.71. The predicted octanol–water partition coefficient (Wildman–Crippen LogP) is 2.05. The van der Waals surface area contributed by atoms with E-state index in [4.69, 9.17) is 22.4 Å². The van der Waals surface area contributed by atoms with E-state index in [1.165, 1.54) is 0 Å². The minimum atomic E-state index is -0.343. The molecule has 0 amide bonds. The zero-order chi connectivity index (χ0) is 9.84. The molecule has 0 saturated heterocycles. The third-order valence-corrected chi connectivity index (χ3v) is 2.68. The first kappa shape index (κ1) is 10.9. The number of hydrogen-bond acceptors (Lipinski definition) is 3. The Bertz CT molecular complexity index is 293. The lowest BCUT2D eigenvalue weighted by Gasteiger charge is -2.10. The van der Waals surface area contributed by atoms with E-state index in [1.54, 1.807) is 17.8 Å². The van der Waals surface area contributed by atoms with E-state index < -0.39 is 0 Å². The van der Waals surface area contributed by atoms with E-state index in [0.29, 0.717) is 5.02 Å². The van der Waals surface area contributed by atoms with Gasteiger partial charge in [0.25, 0.3) is 0 Å². The van der Waals surface area contributed by atoms with Crippen LogP contribution in [0.25, 0.3) is 0 Å². The zero-order valence-corrected chi connectivity index (χ0v) is 8.90. The van der Waals surface area contributed by atoms with Gasteiger partial charge < -0.3 is 10.8 Å². The summed E-state index contributed by atoms with van der Waals surface area (Å²) in [7, 11) is 0. The molecule has 1 aromatic rings. The largest absolute Gasteiger partial charge is 0.394 e. The summed E-state index contributed by atoms with van der Waals surface area (Å²) < 4.78 is 0. The number of rotatable bonds is 3. The molecule has 1 unspecified atom stereocenters. The first-order valence-electron chi connectivity index (χ1n) is 3.88. The van der Waals surface area contributed by atoms with Gasteiger partial charge in [-0.3, -0.25) is 0 Å². The van der Waals surface area contributed by atoms with Gasteiger partial charge in [0.1, 0.15) is 0 Å². The molecule has 13 heavy (non-hydrogen) atoms. The molecule has 0 radical (unpaired) electrons. The van der Waals surface area contributed by atoms with Gasteiger partial charge in [-0.05, 0) is 30.0 Å². The van der Waals surface area contributed by atoms with E-state index in [0.717, 1.165) is 10.5 Å². The molecule has 0 spiro atoms. The van der Waals surface area contributed by atoms with E-state index in [2.05, 4.69) is 0 Å². The van der Waals surface area contributed by atoms with Crippen LogP contribution < -0.4 is 5.73 Å². The summed E-state index contributed by atoms with van der Waals surface area (Å²) in [6.45, 7) is -0.0613. The maximum atomic E-state index is 8.87. The van der Waals surface area contributed by atoms with Crippen LogP contribution in [0.2, 0.25) is 5.02 Å². The highest BCUT2D eigenvalue weighted by molar-refractivity contribution is 7.98. The van der Waals surface area contributed by atoms with Gasteiger partial charge in [-0.15, -0.1) is 11.8 Å². The van der Waals surface area contributed by atoms with Gasteiger partial charge >= 0.3 is 0 Å². The lowest BCUT2D eigenvalue weighted by atomic mass is 10.1. The summed E-state index contributed by atoms with van der Waals surface area (Å²) in [5.41, 5.74) is 6.54. The van der Waals surface area contributed by atoms with Gasteiger partial charge in [0.15, 0.2) is 0 Å². The van der Waals surface area contributed by atoms with Gasteiger partial charge in [-0.1, -0.05) is 11.6 Å². The Hall–Kier alpha value is -0.220. The Morgan fingerprint density at radius 2 is 2.23 bits per heavy atom. The van der Waals surface area contributed by atoms with E-state index in [1.807, 2.05) is 18.4 Å². The van der Waals surface area contributed by atoms with Crippen molar-refractivity contribution in [2.24, 2.45) is 5.73 Å². The molecule has 1 rings (SSSR count). The summed E-state index contributed by atoms with van der Waals surface area (Å²) in [6, 6.07) is 5.25. The van der Waals surface area contributed by atoms with Crippen LogP contribution in [0.3, 0.4) is 0 Å². The zero-order valence-electron chi connectivity index (χ0n) is 7.33. The first-order valence-corrected chi connectivity index (χ1v) is 5.48. The second-order valence-corrected chi connectivity index (χ2v) is 4.03. The van der Waals surface area contributed by atoms with Crippen molar-refractivity contribution in [1.82, 2.24) is 0 Å². The molecule has 2 nitrogen and oxygen atoms in total. The van der Waals surface area contributed by atoms with Crippen molar-refractivity contribution in [1.29, 1.82) is 0 Å². The summed E-state index contributed by atoms with van der Waals surface area (Å²) in [5.74, 6) is 0. The van der Waals surface area contributed by atoms with Crippen molar-refractivity contribution in [3.8, 4) is 0 Å². The maximum Gasteiger partial charge on any atom is 0.0624 e. The van der Waals surface area contributed by atoms with Gasteiger partial charge in [0.05, 0.1) is 12.6 Å². The van der Waals surface area contributed by atoms with Crippen LogP contribution in [0.4, 0.5) is 0 Å². The molecule has 72 valence electrons. The number of thioether (sulfide) groups is 1. The SMILES string of the molecule is CSc1cc(Cl)cc(C(N)CO)c1. The molecule has 0 fully saturated rings. The van der Waals surface area contributed by atoms with Crippen LogP contribution in [0.5, 0.6) is 0 Å². The average Bonchev–Trinajstić information content (AvgIpc) is 2.15. The van der Waals surface area contributed by atoms with Crippen LogP contribution in [-0.2, 0) is 0 Å².